The molecule has 2 rings (SSSR count). The van der Waals surface area contributed by atoms with Gasteiger partial charge in [-0.25, -0.2) is 14.6 Å². The molecule has 0 aliphatic heterocycles. The van der Waals surface area contributed by atoms with Crippen LogP contribution in [0.1, 0.15) is 19.9 Å². The third-order valence-corrected chi connectivity index (χ3v) is 2.18. The summed E-state index contributed by atoms with van der Waals surface area (Å²) in [7, 11) is 0. The number of hydrogen-bond donors (Lipinski definition) is 2. The van der Waals surface area contributed by atoms with Gasteiger partial charge >= 0.3 is 0 Å². The Balaban J connectivity index is 2.49. The zero-order valence-corrected chi connectivity index (χ0v) is 9.12. The average molecular weight is 219 g/mol. The molecule has 0 atom stereocenters. The highest BCUT2D eigenvalue weighted by atomic mass is 16.3. The lowest BCUT2D eigenvalue weighted by atomic mass is 10.3. The summed E-state index contributed by atoms with van der Waals surface area (Å²) in [6.07, 6.45) is 3.08. The van der Waals surface area contributed by atoms with Crippen molar-refractivity contribution in [2.24, 2.45) is 0 Å². The third-order valence-electron chi connectivity index (χ3n) is 2.18. The molecular weight excluding hydrogens is 206 g/mol. The molecule has 2 heterocycles. The summed E-state index contributed by atoms with van der Waals surface area (Å²) < 4.78 is 1.50. The van der Waals surface area contributed by atoms with E-state index in [1.807, 2.05) is 13.8 Å². The van der Waals surface area contributed by atoms with E-state index in [0.717, 1.165) is 0 Å². The molecule has 0 unspecified atom stereocenters. The second kappa shape index (κ2) is 3.80. The number of anilines is 1. The quantitative estimate of drug-likeness (QED) is 0.792. The molecule has 0 amide bonds. The lowest BCUT2D eigenvalue weighted by Crippen LogP contribution is -2.01. The monoisotopic (exact) mass is 219 g/mol. The number of hydrogen-bond acceptors (Lipinski definition) is 5. The fourth-order valence-corrected chi connectivity index (χ4v) is 1.39. The fourth-order valence-electron chi connectivity index (χ4n) is 1.39. The van der Waals surface area contributed by atoms with E-state index in [2.05, 4.69) is 15.1 Å². The molecule has 0 saturated carbocycles. The van der Waals surface area contributed by atoms with Crippen molar-refractivity contribution >= 4 is 5.82 Å². The highest BCUT2D eigenvalue weighted by Gasteiger charge is 2.15. The maximum absolute atomic E-state index is 9.92. The Morgan fingerprint density at radius 3 is 2.75 bits per heavy atom. The molecular formula is C10H13N5O. The minimum atomic E-state index is 0.0561. The minimum absolute atomic E-state index is 0.0561. The van der Waals surface area contributed by atoms with E-state index in [0.29, 0.717) is 17.2 Å². The molecule has 6 heteroatoms. The normalized spacial score (nSPS) is 10.9. The van der Waals surface area contributed by atoms with E-state index >= 15 is 0 Å². The molecule has 0 saturated heterocycles. The molecule has 0 bridgehead atoms. The first-order valence-electron chi connectivity index (χ1n) is 4.95. The van der Waals surface area contributed by atoms with Crippen LogP contribution in [-0.4, -0.2) is 24.9 Å². The van der Waals surface area contributed by atoms with Gasteiger partial charge in [0, 0.05) is 6.20 Å². The first-order valence-corrected chi connectivity index (χ1v) is 4.95. The number of aromatic nitrogens is 4. The molecule has 0 aliphatic rings. The Bertz CT molecular complexity index is 506. The van der Waals surface area contributed by atoms with Gasteiger partial charge in [0.05, 0.1) is 12.2 Å². The lowest BCUT2D eigenvalue weighted by Gasteiger charge is -2.06. The van der Waals surface area contributed by atoms with Gasteiger partial charge in [-0.1, -0.05) is 0 Å². The summed E-state index contributed by atoms with van der Waals surface area (Å²) in [5.41, 5.74) is 6.04. The van der Waals surface area contributed by atoms with Crippen molar-refractivity contribution in [1.82, 2.24) is 19.7 Å². The topological polar surface area (TPSA) is 89.9 Å². The SMILES string of the molecule is CC(C)n1ncc(-c2nccc(N)n2)c1O. The van der Waals surface area contributed by atoms with Crippen molar-refractivity contribution in [3.63, 3.8) is 0 Å². The van der Waals surface area contributed by atoms with E-state index in [-0.39, 0.29) is 11.9 Å². The molecule has 16 heavy (non-hydrogen) atoms. The number of nitrogens with zero attached hydrogens (tertiary/aromatic N) is 4. The molecule has 0 aromatic carbocycles. The average Bonchev–Trinajstić information content (AvgIpc) is 2.60. The highest BCUT2D eigenvalue weighted by Crippen LogP contribution is 2.28. The van der Waals surface area contributed by atoms with E-state index in [4.69, 9.17) is 5.73 Å². The summed E-state index contributed by atoms with van der Waals surface area (Å²) in [5, 5.41) is 14.0. The van der Waals surface area contributed by atoms with Crippen LogP contribution in [0.4, 0.5) is 5.82 Å². The standard InChI is InChI=1S/C10H13N5O/c1-6(2)15-10(16)7(5-13-15)9-12-4-3-8(11)14-9/h3-6,16H,1-2H3,(H2,11,12,14). The number of nitrogen functional groups attached to an aromatic ring is 1. The van der Waals surface area contributed by atoms with Crippen molar-refractivity contribution in [1.29, 1.82) is 0 Å². The molecule has 6 nitrogen and oxygen atoms in total. The van der Waals surface area contributed by atoms with Crippen LogP contribution in [0.2, 0.25) is 0 Å². The van der Waals surface area contributed by atoms with Crippen molar-refractivity contribution in [2.75, 3.05) is 5.73 Å². The highest BCUT2D eigenvalue weighted by molar-refractivity contribution is 5.61. The fraction of sp³-hybridized carbons (Fsp3) is 0.300. The van der Waals surface area contributed by atoms with Crippen molar-refractivity contribution in [3.05, 3.63) is 18.5 Å². The van der Waals surface area contributed by atoms with Crippen LogP contribution >= 0.6 is 0 Å². The van der Waals surface area contributed by atoms with Gasteiger partial charge in [-0.15, -0.1) is 0 Å². The summed E-state index contributed by atoms with van der Waals surface area (Å²) >= 11 is 0. The first-order chi connectivity index (χ1) is 7.59. The largest absolute Gasteiger partial charge is 0.493 e. The van der Waals surface area contributed by atoms with Gasteiger partial charge < -0.3 is 10.8 Å². The Morgan fingerprint density at radius 2 is 2.19 bits per heavy atom. The van der Waals surface area contributed by atoms with Crippen molar-refractivity contribution in [2.45, 2.75) is 19.9 Å². The van der Waals surface area contributed by atoms with Gasteiger partial charge in [-0.3, -0.25) is 0 Å². The van der Waals surface area contributed by atoms with Crippen molar-refractivity contribution in [3.8, 4) is 17.3 Å². The molecule has 2 aromatic rings. The van der Waals surface area contributed by atoms with Crippen LogP contribution in [-0.2, 0) is 0 Å². The van der Waals surface area contributed by atoms with Crippen LogP contribution in [0.3, 0.4) is 0 Å². The Hall–Kier alpha value is -2.11. The predicted molar refractivity (Wildman–Crippen MR) is 59.7 cm³/mol. The maximum atomic E-state index is 9.92. The van der Waals surface area contributed by atoms with Crippen LogP contribution in [0.25, 0.3) is 11.4 Å². The van der Waals surface area contributed by atoms with Gasteiger partial charge in [0.1, 0.15) is 11.4 Å². The molecule has 84 valence electrons. The zero-order chi connectivity index (χ0) is 11.7. The van der Waals surface area contributed by atoms with Crippen molar-refractivity contribution < 1.29 is 5.11 Å². The van der Waals surface area contributed by atoms with E-state index in [9.17, 15) is 5.11 Å². The molecule has 0 radical (unpaired) electrons. The summed E-state index contributed by atoms with van der Waals surface area (Å²) in [5.74, 6) is 0.798. The molecule has 2 aromatic heterocycles. The molecule has 0 aliphatic carbocycles. The van der Waals surface area contributed by atoms with Crippen LogP contribution in [0.15, 0.2) is 18.5 Å². The minimum Gasteiger partial charge on any atom is -0.493 e. The number of rotatable bonds is 2. The Labute approximate surface area is 92.8 Å². The van der Waals surface area contributed by atoms with Gasteiger partial charge in [0.25, 0.3) is 0 Å². The van der Waals surface area contributed by atoms with E-state index in [1.165, 1.54) is 10.9 Å². The molecule has 0 spiro atoms. The third kappa shape index (κ3) is 1.69. The van der Waals surface area contributed by atoms with Crippen LogP contribution in [0.5, 0.6) is 5.88 Å². The van der Waals surface area contributed by atoms with Gasteiger partial charge in [-0.05, 0) is 19.9 Å². The summed E-state index contributed by atoms with van der Waals surface area (Å²) in [6, 6.07) is 1.67. The molecule has 0 fully saturated rings. The summed E-state index contributed by atoms with van der Waals surface area (Å²) in [4.78, 5) is 8.07. The molecule has 3 N–H and O–H groups in total. The van der Waals surface area contributed by atoms with Gasteiger partial charge in [0.15, 0.2) is 5.82 Å². The second-order valence-electron chi connectivity index (χ2n) is 3.73. The predicted octanol–water partition coefficient (Wildman–Crippen LogP) is 1.21. The second-order valence-corrected chi connectivity index (χ2v) is 3.73. The Kier molecular flexibility index (Phi) is 2.47. The van der Waals surface area contributed by atoms with Crippen LogP contribution in [0, 0.1) is 0 Å². The van der Waals surface area contributed by atoms with E-state index in [1.54, 1.807) is 12.3 Å². The number of nitrogens with two attached hydrogens (primary N) is 1. The van der Waals surface area contributed by atoms with Gasteiger partial charge in [0.2, 0.25) is 5.88 Å². The van der Waals surface area contributed by atoms with Crippen LogP contribution < -0.4 is 5.73 Å². The lowest BCUT2D eigenvalue weighted by molar-refractivity contribution is 0.378. The maximum Gasteiger partial charge on any atom is 0.220 e. The Morgan fingerprint density at radius 1 is 1.44 bits per heavy atom. The van der Waals surface area contributed by atoms with E-state index < -0.39 is 0 Å². The smallest absolute Gasteiger partial charge is 0.220 e. The van der Waals surface area contributed by atoms with Gasteiger partial charge in [-0.2, -0.15) is 5.10 Å². The zero-order valence-electron chi connectivity index (χ0n) is 9.12. The number of aromatic hydroxyl groups is 1. The first kappa shape index (κ1) is 10.4. The summed E-state index contributed by atoms with van der Waals surface area (Å²) in [6.45, 7) is 3.85.